The van der Waals surface area contributed by atoms with Crippen molar-refractivity contribution in [2.24, 2.45) is 0 Å². The summed E-state index contributed by atoms with van der Waals surface area (Å²) in [4.78, 5) is 22.7. The minimum atomic E-state index is -0.297. The summed E-state index contributed by atoms with van der Waals surface area (Å²) in [5.74, 6) is 0.962. The molecule has 1 aliphatic rings. The molecule has 1 aromatic rings. The van der Waals surface area contributed by atoms with Crippen LogP contribution in [-0.2, 0) is 9.53 Å². The molecule has 114 valence electrons. The van der Waals surface area contributed by atoms with Crippen LogP contribution in [0.2, 0.25) is 0 Å². The quantitative estimate of drug-likeness (QED) is 0.748. The number of methoxy groups -OCH3 is 1. The molecule has 1 unspecified atom stereocenters. The molecule has 0 bridgehead atoms. The molecule has 7 heteroatoms. The first kappa shape index (κ1) is 15.1. The lowest BCUT2D eigenvalue weighted by Gasteiger charge is -2.14. The largest absolute Gasteiger partial charge is 0.483 e. The van der Waals surface area contributed by atoms with Crippen molar-refractivity contribution in [2.45, 2.75) is 13.0 Å². The number of carbonyl (C=O) groups is 2. The zero-order valence-corrected chi connectivity index (χ0v) is 11.9. The zero-order valence-electron chi connectivity index (χ0n) is 11.9. The standard InChI is InChI=1S/C14H17NO6/c1-9(6-18-2)15-14(17)7-19-11-4-13-12(20-8-21-13)3-10(11)5-16/h3-5,9H,6-8H2,1-2H3,(H,15,17). The van der Waals surface area contributed by atoms with E-state index >= 15 is 0 Å². The summed E-state index contributed by atoms with van der Waals surface area (Å²) in [5, 5.41) is 2.71. The molecule has 1 atom stereocenters. The van der Waals surface area contributed by atoms with Gasteiger partial charge < -0.3 is 24.3 Å². The lowest BCUT2D eigenvalue weighted by molar-refractivity contribution is -0.124. The Bertz CT molecular complexity index is 530. The number of hydrogen-bond acceptors (Lipinski definition) is 6. The topological polar surface area (TPSA) is 83.1 Å². The van der Waals surface area contributed by atoms with E-state index in [2.05, 4.69) is 5.32 Å². The highest BCUT2D eigenvalue weighted by molar-refractivity contribution is 5.82. The molecule has 0 saturated heterocycles. The average Bonchev–Trinajstić information content (AvgIpc) is 2.91. The van der Waals surface area contributed by atoms with E-state index in [4.69, 9.17) is 18.9 Å². The summed E-state index contributed by atoms with van der Waals surface area (Å²) in [6.07, 6.45) is 0.642. The van der Waals surface area contributed by atoms with Gasteiger partial charge in [-0.25, -0.2) is 0 Å². The number of rotatable bonds is 7. The van der Waals surface area contributed by atoms with Gasteiger partial charge in [-0.2, -0.15) is 0 Å². The summed E-state index contributed by atoms with van der Waals surface area (Å²) in [6.45, 7) is 2.13. The van der Waals surface area contributed by atoms with Gasteiger partial charge in [-0.3, -0.25) is 9.59 Å². The van der Waals surface area contributed by atoms with Crippen LogP contribution < -0.4 is 19.5 Å². The molecule has 0 saturated carbocycles. The highest BCUT2D eigenvalue weighted by Gasteiger charge is 2.18. The molecule has 0 aromatic heterocycles. The summed E-state index contributed by atoms with van der Waals surface area (Å²) >= 11 is 0. The number of fused-ring (bicyclic) bond motifs is 1. The number of amides is 1. The Labute approximate surface area is 122 Å². The maximum absolute atomic E-state index is 11.7. The van der Waals surface area contributed by atoms with E-state index in [1.165, 1.54) is 12.1 Å². The molecular weight excluding hydrogens is 278 g/mol. The Morgan fingerprint density at radius 3 is 2.81 bits per heavy atom. The van der Waals surface area contributed by atoms with Crippen LogP contribution in [0.1, 0.15) is 17.3 Å². The average molecular weight is 295 g/mol. The van der Waals surface area contributed by atoms with E-state index < -0.39 is 0 Å². The number of hydrogen-bond donors (Lipinski definition) is 1. The van der Waals surface area contributed by atoms with Crippen LogP contribution in [0, 0.1) is 0 Å². The zero-order chi connectivity index (χ0) is 15.2. The number of ether oxygens (including phenoxy) is 4. The van der Waals surface area contributed by atoms with Crippen LogP contribution in [0.5, 0.6) is 17.2 Å². The predicted molar refractivity (Wildman–Crippen MR) is 72.9 cm³/mol. The molecule has 0 spiro atoms. The van der Waals surface area contributed by atoms with Crippen molar-refractivity contribution in [2.75, 3.05) is 27.1 Å². The van der Waals surface area contributed by atoms with E-state index in [9.17, 15) is 9.59 Å². The van der Waals surface area contributed by atoms with Crippen molar-refractivity contribution in [3.63, 3.8) is 0 Å². The number of nitrogens with one attached hydrogen (secondary N) is 1. The number of benzene rings is 1. The van der Waals surface area contributed by atoms with Gasteiger partial charge in [-0.1, -0.05) is 0 Å². The fourth-order valence-electron chi connectivity index (χ4n) is 1.91. The van der Waals surface area contributed by atoms with Crippen molar-refractivity contribution in [3.05, 3.63) is 17.7 Å². The van der Waals surface area contributed by atoms with Crippen LogP contribution in [-0.4, -0.2) is 45.4 Å². The summed E-state index contributed by atoms with van der Waals surface area (Å²) in [7, 11) is 1.56. The van der Waals surface area contributed by atoms with Gasteiger partial charge in [-0.15, -0.1) is 0 Å². The molecular formula is C14H17NO6. The fraction of sp³-hybridized carbons (Fsp3) is 0.429. The number of aldehydes is 1. The maximum Gasteiger partial charge on any atom is 0.258 e. The third-order valence-corrected chi connectivity index (χ3v) is 2.81. The molecule has 7 nitrogen and oxygen atoms in total. The van der Waals surface area contributed by atoms with Crippen LogP contribution >= 0.6 is 0 Å². The lowest BCUT2D eigenvalue weighted by Crippen LogP contribution is -2.38. The molecule has 1 heterocycles. The highest BCUT2D eigenvalue weighted by atomic mass is 16.7. The van der Waals surface area contributed by atoms with E-state index in [1.54, 1.807) is 7.11 Å². The van der Waals surface area contributed by atoms with Crippen LogP contribution in [0.3, 0.4) is 0 Å². The molecule has 21 heavy (non-hydrogen) atoms. The molecule has 2 rings (SSSR count). The second-order valence-corrected chi connectivity index (χ2v) is 4.57. The van der Waals surface area contributed by atoms with Gasteiger partial charge in [-0.05, 0) is 13.0 Å². The Balaban J connectivity index is 1.96. The Hall–Kier alpha value is -2.28. The van der Waals surface area contributed by atoms with Crippen molar-refractivity contribution in [1.82, 2.24) is 5.32 Å². The Kier molecular flexibility index (Phi) is 4.99. The van der Waals surface area contributed by atoms with Crippen molar-refractivity contribution >= 4 is 12.2 Å². The maximum atomic E-state index is 11.7. The first-order chi connectivity index (χ1) is 10.1. The monoisotopic (exact) mass is 295 g/mol. The second-order valence-electron chi connectivity index (χ2n) is 4.57. The lowest BCUT2D eigenvalue weighted by atomic mass is 10.2. The first-order valence-corrected chi connectivity index (χ1v) is 6.44. The smallest absolute Gasteiger partial charge is 0.258 e. The molecule has 0 fully saturated rings. The third kappa shape index (κ3) is 3.85. The van der Waals surface area contributed by atoms with E-state index in [0.29, 0.717) is 30.0 Å². The van der Waals surface area contributed by atoms with E-state index in [1.807, 2.05) is 6.92 Å². The van der Waals surface area contributed by atoms with E-state index in [-0.39, 0.29) is 31.1 Å². The molecule has 1 aliphatic heterocycles. The van der Waals surface area contributed by atoms with Crippen LogP contribution in [0.4, 0.5) is 0 Å². The van der Waals surface area contributed by atoms with Crippen LogP contribution in [0.15, 0.2) is 12.1 Å². The van der Waals surface area contributed by atoms with Crippen molar-refractivity contribution in [3.8, 4) is 17.2 Å². The predicted octanol–water partition coefficient (Wildman–Crippen LogP) is 0.758. The molecule has 1 N–H and O–H groups in total. The minimum absolute atomic E-state index is 0.103. The van der Waals surface area contributed by atoms with E-state index in [0.717, 1.165) is 0 Å². The van der Waals surface area contributed by atoms with Gasteiger partial charge in [0, 0.05) is 19.2 Å². The second kappa shape index (κ2) is 6.94. The van der Waals surface area contributed by atoms with Gasteiger partial charge in [0.05, 0.1) is 12.2 Å². The summed E-state index contributed by atoms with van der Waals surface area (Å²) in [6, 6.07) is 2.95. The highest BCUT2D eigenvalue weighted by Crippen LogP contribution is 2.37. The summed E-state index contributed by atoms with van der Waals surface area (Å²) < 4.78 is 20.7. The van der Waals surface area contributed by atoms with Crippen molar-refractivity contribution < 1.29 is 28.5 Å². The van der Waals surface area contributed by atoms with Crippen molar-refractivity contribution in [1.29, 1.82) is 0 Å². The SMILES string of the molecule is COCC(C)NC(=O)COc1cc2c(cc1C=O)OCO2. The fourth-order valence-corrected chi connectivity index (χ4v) is 1.91. The number of carbonyl (C=O) groups excluding carboxylic acids is 2. The van der Waals surface area contributed by atoms with Gasteiger partial charge in [0.15, 0.2) is 24.4 Å². The Morgan fingerprint density at radius 2 is 2.14 bits per heavy atom. The normalized spacial score (nSPS) is 13.6. The van der Waals surface area contributed by atoms with Gasteiger partial charge >= 0.3 is 0 Å². The summed E-state index contributed by atoms with van der Waals surface area (Å²) in [5.41, 5.74) is 0.303. The first-order valence-electron chi connectivity index (χ1n) is 6.44. The Morgan fingerprint density at radius 1 is 1.43 bits per heavy atom. The molecule has 0 aliphatic carbocycles. The van der Waals surface area contributed by atoms with Crippen LogP contribution in [0.25, 0.3) is 0 Å². The van der Waals surface area contributed by atoms with Gasteiger partial charge in [0.1, 0.15) is 5.75 Å². The third-order valence-electron chi connectivity index (χ3n) is 2.81. The molecule has 1 amide bonds. The minimum Gasteiger partial charge on any atom is -0.483 e. The van der Waals surface area contributed by atoms with Gasteiger partial charge in [0.25, 0.3) is 5.91 Å². The van der Waals surface area contributed by atoms with Gasteiger partial charge in [0.2, 0.25) is 6.79 Å². The molecule has 0 radical (unpaired) electrons. The molecule has 1 aromatic carbocycles.